The van der Waals surface area contributed by atoms with Gasteiger partial charge < -0.3 is 9.80 Å². The lowest BCUT2D eigenvalue weighted by Crippen LogP contribution is -2.44. The van der Waals surface area contributed by atoms with Crippen LogP contribution in [0.5, 0.6) is 0 Å². The summed E-state index contributed by atoms with van der Waals surface area (Å²) in [5, 5.41) is 0. The molecule has 0 aliphatic carbocycles. The normalized spacial score (nSPS) is 25.7. The van der Waals surface area contributed by atoms with E-state index in [9.17, 15) is 18.0 Å². The Morgan fingerprint density at radius 1 is 1.33 bits per heavy atom. The smallest absolute Gasteiger partial charge is 0.338 e. The lowest BCUT2D eigenvalue weighted by Gasteiger charge is -2.31. The van der Waals surface area contributed by atoms with Crippen molar-refractivity contribution in [2.24, 2.45) is 11.8 Å². The van der Waals surface area contributed by atoms with E-state index >= 15 is 0 Å². The van der Waals surface area contributed by atoms with Gasteiger partial charge in [0.05, 0.1) is 11.8 Å². The number of rotatable bonds is 2. The number of hydrogen-bond acceptors (Lipinski definition) is 3. The van der Waals surface area contributed by atoms with E-state index in [1.807, 2.05) is 18.2 Å². The van der Waals surface area contributed by atoms with Crippen LogP contribution in [0, 0.1) is 11.8 Å². The third-order valence-corrected chi connectivity index (χ3v) is 4.74. The van der Waals surface area contributed by atoms with Gasteiger partial charge in [0.25, 0.3) is 0 Å². The van der Waals surface area contributed by atoms with E-state index in [1.165, 1.54) is 0 Å². The second kappa shape index (κ2) is 6.55. The molecule has 0 radical (unpaired) electrons. The molecule has 3 rings (SSSR count). The summed E-state index contributed by atoms with van der Waals surface area (Å²) in [5.41, 5.74) is 1.85. The Balaban J connectivity index is 1.75. The SMILES string of the molecule is CN1CC(C(=O)N2CCC=C(c3cccnc3)C2)C(C(F)(F)F)C1. The number of halogens is 3. The number of nitrogens with zero attached hydrogens (tertiary/aromatic N) is 3. The zero-order chi connectivity index (χ0) is 17.3. The Morgan fingerprint density at radius 3 is 2.79 bits per heavy atom. The van der Waals surface area contributed by atoms with E-state index < -0.39 is 23.9 Å². The van der Waals surface area contributed by atoms with E-state index in [-0.39, 0.29) is 13.1 Å². The van der Waals surface area contributed by atoms with E-state index in [4.69, 9.17) is 0 Å². The highest BCUT2D eigenvalue weighted by molar-refractivity contribution is 5.83. The molecule has 1 aromatic rings. The minimum absolute atomic E-state index is 0.112. The number of amides is 1. The molecule has 1 fully saturated rings. The number of likely N-dealkylation sites (tertiary alicyclic amines) is 1. The zero-order valence-corrected chi connectivity index (χ0v) is 13.5. The molecule has 1 saturated heterocycles. The standard InChI is InChI=1S/C17H20F3N3O/c1-22-10-14(15(11-22)17(18,19)20)16(24)23-7-3-5-13(9-23)12-4-2-6-21-8-12/h2,4-6,8,14-15H,3,7,9-11H2,1H3. The third kappa shape index (κ3) is 3.45. The van der Waals surface area contributed by atoms with Gasteiger partial charge in [-0.05, 0) is 30.7 Å². The van der Waals surface area contributed by atoms with Gasteiger partial charge in [-0.3, -0.25) is 9.78 Å². The van der Waals surface area contributed by atoms with Crippen molar-refractivity contribution in [2.75, 3.05) is 33.2 Å². The number of carbonyl (C=O) groups excluding carboxylic acids is 1. The number of aromatic nitrogens is 1. The largest absolute Gasteiger partial charge is 0.393 e. The fourth-order valence-corrected chi connectivity index (χ4v) is 3.51. The Hall–Kier alpha value is -1.89. The summed E-state index contributed by atoms with van der Waals surface area (Å²) in [5.74, 6) is -2.98. The van der Waals surface area contributed by atoms with Gasteiger partial charge in [0, 0.05) is 38.6 Å². The van der Waals surface area contributed by atoms with Crippen molar-refractivity contribution in [1.82, 2.24) is 14.8 Å². The minimum atomic E-state index is -4.34. The lowest BCUT2D eigenvalue weighted by molar-refractivity contribution is -0.185. The lowest BCUT2D eigenvalue weighted by atomic mass is 9.92. The van der Waals surface area contributed by atoms with Crippen LogP contribution in [-0.4, -0.2) is 60.1 Å². The van der Waals surface area contributed by atoms with Gasteiger partial charge in [-0.15, -0.1) is 0 Å². The first-order chi connectivity index (χ1) is 11.4. The van der Waals surface area contributed by atoms with Crippen molar-refractivity contribution in [3.8, 4) is 0 Å². The average Bonchev–Trinajstić information content (AvgIpc) is 2.97. The maximum absolute atomic E-state index is 13.2. The summed E-state index contributed by atoms with van der Waals surface area (Å²) in [6.07, 6.45) is 1.71. The van der Waals surface area contributed by atoms with E-state index in [2.05, 4.69) is 4.98 Å². The topological polar surface area (TPSA) is 36.4 Å². The molecule has 0 spiro atoms. The van der Waals surface area contributed by atoms with Gasteiger partial charge in [-0.25, -0.2) is 0 Å². The predicted octanol–water partition coefficient (Wildman–Crippen LogP) is 2.44. The van der Waals surface area contributed by atoms with Gasteiger partial charge in [-0.1, -0.05) is 12.1 Å². The molecular weight excluding hydrogens is 319 g/mol. The van der Waals surface area contributed by atoms with Crippen LogP contribution in [-0.2, 0) is 4.79 Å². The Kier molecular flexibility index (Phi) is 4.62. The molecule has 24 heavy (non-hydrogen) atoms. The third-order valence-electron chi connectivity index (χ3n) is 4.74. The molecule has 0 N–H and O–H groups in total. The maximum atomic E-state index is 13.2. The number of carbonyl (C=O) groups is 1. The first-order valence-electron chi connectivity index (χ1n) is 7.99. The van der Waals surface area contributed by atoms with Crippen LogP contribution in [0.25, 0.3) is 5.57 Å². The fourth-order valence-electron chi connectivity index (χ4n) is 3.51. The summed E-state index contributed by atoms with van der Waals surface area (Å²) in [6, 6.07) is 3.71. The fraction of sp³-hybridized carbons (Fsp3) is 0.529. The zero-order valence-electron chi connectivity index (χ0n) is 13.5. The summed E-state index contributed by atoms with van der Waals surface area (Å²) >= 11 is 0. The van der Waals surface area contributed by atoms with Crippen molar-refractivity contribution in [3.05, 3.63) is 36.2 Å². The van der Waals surface area contributed by atoms with Crippen LogP contribution in [0.4, 0.5) is 13.2 Å². The monoisotopic (exact) mass is 339 g/mol. The first kappa shape index (κ1) is 17.0. The van der Waals surface area contributed by atoms with Crippen LogP contribution in [0.1, 0.15) is 12.0 Å². The maximum Gasteiger partial charge on any atom is 0.393 e. The minimum Gasteiger partial charge on any atom is -0.338 e. The van der Waals surface area contributed by atoms with Crippen molar-refractivity contribution < 1.29 is 18.0 Å². The van der Waals surface area contributed by atoms with E-state index in [0.29, 0.717) is 19.5 Å². The van der Waals surface area contributed by atoms with E-state index in [0.717, 1.165) is 11.1 Å². The van der Waals surface area contributed by atoms with Crippen LogP contribution < -0.4 is 0 Å². The summed E-state index contributed by atoms with van der Waals surface area (Å²) in [7, 11) is 1.63. The molecule has 3 heterocycles. The van der Waals surface area contributed by atoms with E-state index in [1.54, 1.807) is 29.2 Å². The van der Waals surface area contributed by atoms with Gasteiger partial charge >= 0.3 is 6.18 Å². The average molecular weight is 339 g/mol. The summed E-state index contributed by atoms with van der Waals surface area (Å²) in [6.45, 7) is 0.854. The van der Waals surface area contributed by atoms with Crippen LogP contribution in [0.15, 0.2) is 30.6 Å². The van der Waals surface area contributed by atoms with Crippen LogP contribution in [0.3, 0.4) is 0 Å². The summed E-state index contributed by atoms with van der Waals surface area (Å²) < 4.78 is 39.7. The molecule has 0 aromatic carbocycles. The Morgan fingerprint density at radius 2 is 2.12 bits per heavy atom. The predicted molar refractivity (Wildman–Crippen MR) is 83.9 cm³/mol. The van der Waals surface area contributed by atoms with Crippen molar-refractivity contribution >= 4 is 11.5 Å². The molecule has 1 aromatic heterocycles. The second-order valence-corrected chi connectivity index (χ2v) is 6.50. The number of alkyl halides is 3. The highest BCUT2D eigenvalue weighted by atomic mass is 19.4. The molecule has 7 heteroatoms. The molecule has 0 bridgehead atoms. The van der Waals surface area contributed by atoms with Gasteiger partial charge in [0.15, 0.2) is 0 Å². The molecule has 0 saturated carbocycles. The Labute approximate surface area is 139 Å². The molecule has 2 aliphatic heterocycles. The first-order valence-corrected chi connectivity index (χ1v) is 7.99. The highest BCUT2D eigenvalue weighted by Crippen LogP contribution is 2.38. The quantitative estimate of drug-likeness (QED) is 0.830. The molecule has 1 amide bonds. The molecule has 2 unspecified atom stereocenters. The van der Waals surface area contributed by atoms with Crippen molar-refractivity contribution in [3.63, 3.8) is 0 Å². The molecule has 2 atom stereocenters. The molecular formula is C17H20F3N3O. The van der Waals surface area contributed by atoms with Crippen molar-refractivity contribution in [2.45, 2.75) is 12.6 Å². The Bertz CT molecular complexity index is 630. The second-order valence-electron chi connectivity index (χ2n) is 6.50. The highest BCUT2D eigenvalue weighted by Gasteiger charge is 2.52. The van der Waals surface area contributed by atoms with Crippen LogP contribution >= 0.6 is 0 Å². The number of hydrogen-bond donors (Lipinski definition) is 0. The van der Waals surface area contributed by atoms with Gasteiger partial charge in [0.1, 0.15) is 0 Å². The van der Waals surface area contributed by atoms with Gasteiger partial charge in [0.2, 0.25) is 5.91 Å². The van der Waals surface area contributed by atoms with Gasteiger partial charge in [-0.2, -0.15) is 13.2 Å². The summed E-state index contributed by atoms with van der Waals surface area (Å²) in [4.78, 5) is 19.9. The number of pyridine rings is 1. The molecule has 2 aliphatic rings. The van der Waals surface area contributed by atoms with Crippen molar-refractivity contribution in [1.29, 1.82) is 0 Å². The van der Waals surface area contributed by atoms with Crippen LogP contribution in [0.2, 0.25) is 0 Å². The molecule has 130 valence electrons. The molecule has 4 nitrogen and oxygen atoms in total.